The lowest BCUT2D eigenvalue weighted by atomic mass is 9.98. The van der Waals surface area contributed by atoms with Crippen LogP contribution in [-0.4, -0.2) is 22.0 Å². The van der Waals surface area contributed by atoms with Crippen LogP contribution in [0, 0.1) is 17.6 Å². The summed E-state index contributed by atoms with van der Waals surface area (Å²) < 4.78 is 28.8. The van der Waals surface area contributed by atoms with E-state index in [1.54, 1.807) is 31.5 Å². The Balaban J connectivity index is 1.49. The van der Waals surface area contributed by atoms with Gasteiger partial charge < -0.3 is 15.6 Å². The van der Waals surface area contributed by atoms with Crippen LogP contribution in [0.1, 0.15) is 36.7 Å². The molecule has 0 aliphatic heterocycles. The highest BCUT2D eigenvalue weighted by molar-refractivity contribution is 5.89. The number of fused-ring (bicyclic) bond motifs is 1. The second kappa shape index (κ2) is 11.1. The molecule has 0 amide bonds. The van der Waals surface area contributed by atoms with Crippen molar-refractivity contribution >= 4 is 22.4 Å². The molecule has 0 radical (unpaired) electrons. The van der Waals surface area contributed by atoms with Crippen molar-refractivity contribution in [2.75, 3.05) is 12.4 Å². The van der Waals surface area contributed by atoms with Crippen molar-refractivity contribution in [1.82, 2.24) is 20.3 Å². The summed E-state index contributed by atoms with van der Waals surface area (Å²) >= 11 is 0. The topological polar surface area (TPSA) is 65.6 Å². The molecule has 1 aliphatic rings. The van der Waals surface area contributed by atoms with Gasteiger partial charge in [0.25, 0.3) is 0 Å². The van der Waals surface area contributed by atoms with E-state index >= 15 is 4.39 Å². The molecule has 0 bridgehead atoms. The maximum atomic E-state index is 15.4. The largest absolute Gasteiger partial charge is 0.388 e. The van der Waals surface area contributed by atoms with Gasteiger partial charge in [-0.25, -0.2) is 18.7 Å². The number of allylic oxidation sites excluding steroid dienone is 5. The van der Waals surface area contributed by atoms with Crippen LogP contribution in [0.5, 0.6) is 0 Å². The van der Waals surface area contributed by atoms with Crippen LogP contribution in [0.15, 0.2) is 91.4 Å². The maximum absolute atomic E-state index is 15.4. The number of nitrogens with zero attached hydrogens (tertiary/aromatic N) is 2. The Labute approximate surface area is 227 Å². The summed E-state index contributed by atoms with van der Waals surface area (Å²) in [6.07, 6.45) is 9.88. The zero-order chi connectivity index (χ0) is 27.5. The Bertz CT molecular complexity index is 1610. The maximum Gasteiger partial charge on any atom is 0.178 e. The number of nitrogens with one attached hydrogen (secondary N) is 3. The predicted octanol–water partition coefficient (Wildman–Crippen LogP) is 7.52. The molecule has 198 valence electrons. The highest BCUT2D eigenvalue weighted by Gasteiger charge is 2.24. The first-order valence-corrected chi connectivity index (χ1v) is 13.0. The number of imidazole rings is 1. The summed E-state index contributed by atoms with van der Waals surface area (Å²) in [7, 11) is 1.77. The first-order chi connectivity index (χ1) is 18.9. The molecule has 3 N–H and O–H groups in total. The van der Waals surface area contributed by atoms with Gasteiger partial charge in [0.05, 0.1) is 5.52 Å². The van der Waals surface area contributed by atoms with Crippen LogP contribution in [0.4, 0.5) is 14.5 Å². The molecule has 7 heteroatoms. The fourth-order valence-electron chi connectivity index (χ4n) is 4.66. The van der Waals surface area contributed by atoms with E-state index in [1.807, 2.05) is 31.2 Å². The van der Waals surface area contributed by atoms with Gasteiger partial charge in [-0.2, -0.15) is 0 Å². The summed E-state index contributed by atoms with van der Waals surface area (Å²) in [5, 5.41) is 6.43. The quantitative estimate of drug-likeness (QED) is 0.188. The lowest BCUT2D eigenvalue weighted by Gasteiger charge is -2.15. The minimum absolute atomic E-state index is 0.291. The highest BCUT2D eigenvalue weighted by Crippen LogP contribution is 2.35. The Morgan fingerprint density at radius 3 is 2.59 bits per heavy atom. The van der Waals surface area contributed by atoms with Gasteiger partial charge in [-0.1, -0.05) is 31.4 Å². The monoisotopic (exact) mass is 523 g/mol. The van der Waals surface area contributed by atoms with Crippen LogP contribution in [-0.2, 0) is 6.42 Å². The molecule has 39 heavy (non-hydrogen) atoms. The van der Waals surface area contributed by atoms with Crippen molar-refractivity contribution < 1.29 is 8.78 Å². The van der Waals surface area contributed by atoms with Gasteiger partial charge in [-0.05, 0) is 84.9 Å². The van der Waals surface area contributed by atoms with Gasteiger partial charge in [0.1, 0.15) is 17.5 Å². The van der Waals surface area contributed by atoms with E-state index in [1.165, 1.54) is 18.2 Å². The molecular formula is C32H31F2N5. The van der Waals surface area contributed by atoms with Crippen LogP contribution >= 0.6 is 0 Å². The van der Waals surface area contributed by atoms with E-state index in [0.29, 0.717) is 35.1 Å². The number of H-pyrrole nitrogens is 1. The first-order valence-electron chi connectivity index (χ1n) is 13.0. The molecular weight excluding hydrogens is 492 g/mol. The molecule has 0 saturated heterocycles. The van der Waals surface area contributed by atoms with Gasteiger partial charge in [0.15, 0.2) is 5.65 Å². The van der Waals surface area contributed by atoms with Crippen LogP contribution < -0.4 is 10.6 Å². The van der Waals surface area contributed by atoms with Gasteiger partial charge >= 0.3 is 0 Å². The van der Waals surface area contributed by atoms with Gasteiger partial charge in [-0.15, -0.1) is 0 Å². The molecule has 0 unspecified atom stereocenters. The van der Waals surface area contributed by atoms with E-state index in [9.17, 15) is 4.39 Å². The van der Waals surface area contributed by atoms with Crippen molar-refractivity contribution in [2.45, 2.75) is 26.2 Å². The van der Waals surface area contributed by atoms with E-state index in [0.717, 1.165) is 52.0 Å². The van der Waals surface area contributed by atoms with Crippen LogP contribution in [0.25, 0.3) is 27.9 Å². The van der Waals surface area contributed by atoms with Crippen molar-refractivity contribution in [3.8, 4) is 11.1 Å². The molecule has 5 rings (SSSR count). The third kappa shape index (κ3) is 5.67. The van der Waals surface area contributed by atoms with Gasteiger partial charge in [-0.3, -0.25) is 0 Å². The number of aromatic nitrogens is 3. The summed E-state index contributed by atoms with van der Waals surface area (Å²) in [5.74, 6) is 0.553. The van der Waals surface area contributed by atoms with Crippen molar-refractivity contribution in [3.63, 3.8) is 0 Å². The SMILES string of the molecule is C=C/C(=C\C(=C/C)c1cc(Cc2nc3nccc(-c4ccc(F)cc4)c3[nH]2)c(NC)cc1F)NC(=C)C1CC1. The number of benzene rings is 2. The summed E-state index contributed by atoms with van der Waals surface area (Å²) in [5.41, 5.74) is 7.56. The van der Waals surface area contributed by atoms with Gasteiger partial charge in [0.2, 0.25) is 0 Å². The van der Waals surface area contributed by atoms with E-state index in [4.69, 9.17) is 4.98 Å². The average Bonchev–Trinajstić information content (AvgIpc) is 3.72. The molecule has 0 spiro atoms. The number of aromatic amines is 1. The van der Waals surface area contributed by atoms with E-state index < -0.39 is 0 Å². The van der Waals surface area contributed by atoms with E-state index in [-0.39, 0.29) is 11.6 Å². The summed E-state index contributed by atoms with van der Waals surface area (Å²) in [6.45, 7) is 9.92. The third-order valence-electron chi connectivity index (χ3n) is 6.94. The normalized spacial score (nSPS) is 13.9. The Kier molecular flexibility index (Phi) is 7.41. The van der Waals surface area contributed by atoms with E-state index in [2.05, 4.69) is 33.8 Å². The van der Waals surface area contributed by atoms with Crippen molar-refractivity contribution in [1.29, 1.82) is 0 Å². The number of hydrogen-bond donors (Lipinski definition) is 3. The van der Waals surface area contributed by atoms with Crippen molar-refractivity contribution in [2.24, 2.45) is 5.92 Å². The van der Waals surface area contributed by atoms with Gasteiger partial charge in [0, 0.05) is 47.9 Å². The molecule has 5 nitrogen and oxygen atoms in total. The molecule has 2 heterocycles. The molecule has 0 atom stereocenters. The Morgan fingerprint density at radius 1 is 1.15 bits per heavy atom. The molecule has 1 fully saturated rings. The zero-order valence-electron chi connectivity index (χ0n) is 22.1. The molecule has 2 aromatic carbocycles. The lowest BCUT2D eigenvalue weighted by Crippen LogP contribution is -2.12. The highest BCUT2D eigenvalue weighted by atomic mass is 19.1. The lowest BCUT2D eigenvalue weighted by molar-refractivity contribution is 0.624. The summed E-state index contributed by atoms with van der Waals surface area (Å²) in [4.78, 5) is 12.5. The fourth-order valence-corrected chi connectivity index (χ4v) is 4.66. The number of hydrogen-bond acceptors (Lipinski definition) is 4. The van der Waals surface area contributed by atoms with Crippen molar-refractivity contribution in [3.05, 3.63) is 120 Å². The summed E-state index contributed by atoms with van der Waals surface area (Å²) in [6, 6.07) is 11.6. The smallest absolute Gasteiger partial charge is 0.178 e. The Hall–Kier alpha value is -4.52. The second-order valence-electron chi connectivity index (χ2n) is 9.64. The second-order valence-corrected chi connectivity index (χ2v) is 9.64. The molecule has 1 aliphatic carbocycles. The average molecular weight is 524 g/mol. The number of anilines is 1. The standard InChI is InChI=1S/C32H31F2N5/c1-5-20(15-25(6-2)37-19(3)21-7-8-21)27-16-23(29(35-4)18-28(27)34)17-30-38-31-26(13-14-36-32(31)39-30)22-9-11-24(33)12-10-22/h5-6,9-16,18,21,35,37H,2-3,7-8,17H2,1,4H3,(H,36,38,39)/b20-5+,25-15+. The predicted molar refractivity (Wildman–Crippen MR) is 155 cm³/mol. The third-order valence-corrected chi connectivity index (χ3v) is 6.94. The Morgan fingerprint density at radius 2 is 1.92 bits per heavy atom. The minimum Gasteiger partial charge on any atom is -0.388 e. The molecule has 2 aromatic heterocycles. The number of halogens is 2. The van der Waals surface area contributed by atoms with Crippen LogP contribution in [0.2, 0.25) is 0 Å². The first kappa shape index (κ1) is 26.1. The minimum atomic E-state index is -0.332. The molecule has 1 saturated carbocycles. The molecule has 4 aromatic rings. The number of rotatable bonds is 10. The number of pyridine rings is 1. The van der Waals surface area contributed by atoms with Crippen LogP contribution in [0.3, 0.4) is 0 Å². The zero-order valence-corrected chi connectivity index (χ0v) is 22.1. The fraction of sp³-hybridized carbons (Fsp3) is 0.188.